The summed E-state index contributed by atoms with van der Waals surface area (Å²) in [5.41, 5.74) is 6.23. The molecule has 2 N–H and O–H groups in total. The first-order valence-electron chi connectivity index (χ1n) is 9.54. The number of carbonyl (C=O) groups is 1. The highest BCUT2D eigenvalue weighted by Crippen LogP contribution is 2.19. The van der Waals surface area contributed by atoms with Crippen molar-refractivity contribution in [2.24, 2.45) is 0 Å². The van der Waals surface area contributed by atoms with E-state index in [9.17, 15) is 4.79 Å². The van der Waals surface area contributed by atoms with E-state index in [-0.39, 0.29) is 5.91 Å². The number of anilines is 1. The number of hydrogen-bond donors (Lipinski definition) is 2. The molecule has 28 heavy (non-hydrogen) atoms. The lowest BCUT2D eigenvalue weighted by atomic mass is 10.1. The van der Waals surface area contributed by atoms with Gasteiger partial charge in [-0.1, -0.05) is 60.2 Å². The summed E-state index contributed by atoms with van der Waals surface area (Å²) in [7, 11) is 0. The molecule has 3 aromatic carbocycles. The Kier molecular flexibility index (Phi) is 5.20. The van der Waals surface area contributed by atoms with E-state index in [2.05, 4.69) is 21.4 Å². The van der Waals surface area contributed by atoms with E-state index in [1.807, 2.05) is 73.7 Å². The van der Waals surface area contributed by atoms with Gasteiger partial charge in [0.15, 0.2) is 0 Å². The van der Waals surface area contributed by atoms with E-state index in [0.29, 0.717) is 6.42 Å². The maximum atomic E-state index is 12.5. The highest BCUT2D eigenvalue weighted by molar-refractivity contribution is 5.93. The summed E-state index contributed by atoms with van der Waals surface area (Å²) >= 11 is 0. The molecule has 1 amide bonds. The number of amides is 1. The number of aromatic nitrogens is 2. The van der Waals surface area contributed by atoms with Gasteiger partial charge in [-0.25, -0.2) is 4.98 Å². The van der Waals surface area contributed by atoms with Gasteiger partial charge in [0.25, 0.3) is 0 Å². The van der Waals surface area contributed by atoms with Crippen LogP contribution in [0.15, 0.2) is 72.8 Å². The Morgan fingerprint density at radius 2 is 1.68 bits per heavy atom. The number of para-hydroxylation sites is 3. The van der Waals surface area contributed by atoms with Gasteiger partial charge in [0.05, 0.1) is 17.5 Å². The first kappa shape index (κ1) is 18.0. The van der Waals surface area contributed by atoms with Crippen LogP contribution in [-0.4, -0.2) is 15.9 Å². The number of nitrogens with zero attached hydrogens (tertiary/aromatic N) is 1. The molecule has 4 aromatic rings. The number of fused-ring (bicyclic) bond motifs is 1. The Bertz CT molecular complexity index is 1060. The number of carbonyl (C=O) groups excluding carboxylic acids is 1. The van der Waals surface area contributed by atoms with Gasteiger partial charge in [-0.3, -0.25) is 4.79 Å². The molecule has 0 saturated heterocycles. The smallest absolute Gasteiger partial charge is 0.228 e. The third-order valence-electron chi connectivity index (χ3n) is 4.85. The molecule has 1 heterocycles. The van der Waals surface area contributed by atoms with Gasteiger partial charge in [0, 0.05) is 12.1 Å². The van der Waals surface area contributed by atoms with Crippen LogP contribution in [0.4, 0.5) is 5.69 Å². The average molecular weight is 369 g/mol. The Hall–Kier alpha value is -3.40. The molecule has 0 atom stereocenters. The zero-order chi connectivity index (χ0) is 19.3. The summed E-state index contributed by atoms with van der Waals surface area (Å²) in [6, 6.07) is 24.1. The van der Waals surface area contributed by atoms with Crippen LogP contribution >= 0.6 is 0 Å². The van der Waals surface area contributed by atoms with Crippen molar-refractivity contribution in [2.75, 3.05) is 5.32 Å². The second-order valence-corrected chi connectivity index (χ2v) is 7.07. The molecular formula is C24H23N3O. The molecular weight excluding hydrogens is 346 g/mol. The number of rotatable bonds is 6. The second kappa shape index (κ2) is 8.09. The van der Waals surface area contributed by atoms with E-state index in [0.717, 1.165) is 46.5 Å². The summed E-state index contributed by atoms with van der Waals surface area (Å²) in [5.74, 6) is 0.960. The predicted octanol–water partition coefficient (Wildman–Crippen LogP) is 4.84. The van der Waals surface area contributed by atoms with Crippen molar-refractivity contribution < 1.29 is 4.79 Å². The van der Waals surface area contributed by atoms with Crippen molar-refractivity contribution in [2.45, 2.75) is 26.2 Å². The summed E-state index contributed by atoms with van der Waals surface area (Å²) in [4.78, 5) is 20.5. The van der Waals surface area contributed by atoms with Crippen LogP contribution in [0.5, 0.6) is 0 Å². The van der Waals surface area contributed by atoms with Crippen LogP contribution in [0.2, 0.25) is 0 Å². The van der Waals surface area contributed by atoms with E-state index < -0.39 is 0 Å². The summed E-state index contributed by atoms with van der Waals surface area (Å²) in [6.07, 6.45) is 1.97. The summed E-state index contributed by atoms with van der Waals surface area (Å²) < 4.78 is 0. The second-order valence-electron chi connectivity index (χ2n) is 7.07. The average Bonchev–Trinajstić information content (AvgIpc) is 3.12. The normalized spacial score (nSPS) is 10.9. The van der Waals surface area contributed by atoms with Crippen molar-refractivity contribution in [3.05, 3.63) is 95.3 Å². The van der Waals surface area contributed by atoms with Gasteiger partial charge in [0.2, 0.25) is 5.91 Å². The first-order chi connectivity index (χ1) is 13.7. The molecule has 140 valence electrons. The highest BCUT2D eigenvalue weighted by Gasteiger charge is 2.09. The van der Waals surface area contributed by atoms with Crippen LogP contribution in [0.3, 0.4) is 0 Å². The van der Waals surface area contributed by atoms with Crippen molar-refractivity contribution in [3.63, 3.8) is 0 Å². The van der Waals surface area contributed by atoms with Crippen molar-refractivity contribution in [1.82, 2.24) is 9.97 Å². The van der Waals surface area contributed by atoms with Gasteiger partial charge in [-0.05, 0) is 42.7 Å². The minimum atomic E-state index is 0.0000372. The minimum Gasteiger partial charge on any atom is -0.342 e. The van der Waals surface area contributed by atoms with Crippen LogP contribution in [0.1, 0.15) is 22.5 Å². The van der Waals surface area contributed by atoms with Crippen LogP contribution < -0.4 is 5.32 Å². The van der Waals surface area contributed by atoms with Gasteiger partial charge in [-0.15, -0.1) is 0 Å². The maximum absolute atomic E-state index is 12.5. The summed E-state index contributed by atoms with van der Waals surface area (Å²) in [6.45, 7) is 2.04. The lowest BCUT2D eigenvalue weighted by molar-refractivity contribution is -0.115. The molecule has 0 bridgehead atoms. The number of nitrogens with one attached hydrogen (secondary N) is 2. The van der Waals surface area contributed by atoms with Crippen LogP contribution in [0, 0.1) is 6.92 Å². The zero-order valence-electron chi connectivity index (χ0n) is 15.9. The molecule has 0 aliphatic carbocycles. The third-order valence-corrected chi connectivity index (χ3v) is 4.85. The Labute approximate surface area is 164 Å². The Morgan fingerprint density at radius 3 is 2.50 bits per heavy atom. The third kappa shape index (κ3) is 4.29. The molecule has 0 spiro atoms. The fourth-order valence-corrected chi connectivity index (χ4v) is 3.32. The number of aryl methyl sites for hydroxylation is 3. The molecule has 4 heteroatoms. The molecule has 4 rings (SSSR count). The number of imidazole rings is 1. The largest absolute Gasteiger partial charge is 0.342 e. The quantitative estimate of drug-likeness (QED) is 0.511. The molecule has 0 saturated carbocycles. The Balaban J connectivity index is 1.42. The lowest BCUT2D eigenvalue weighted by Crippen LogP contribution is -2.15. The van der Waals surface area contributed by atoms with Crippen molar-refractivity contribution in [3.8, 4) is 0 Å². The number of benzene rings is 3. The highest BCUT2D eigenvalue weighted by atomic mass is 16.1. The van der Waals surface area contributed by atoms with Gasteiger partial charge in [-0.2, -0.15) is 0 Å². The maximum Gasteiger partial charge on any atom is 0.228 e. The minimum absolute atomic E-state index is 0.0000372. The number of aromatic amines is 1. The van der Waals surface area contributed by atoms with Crippen LogP contribution in [-0.2, 0) is 24.1 Å². The topological polar surface area (TPSA) is 57.8 Å². The zero-order valence-corrected chi connectivity index (χ0v) is 15.9. The fourth-order valence-electron chi connectivity index (χ4n) is 3.32. The monoisotopic (exact) mass is 369 g/mol. The fraction of sp³-hybridized carbons (Fsp3) is 0.167. The van der Waals surface area contributed by atoms with Crippen molar-refractivity contribution >= 4 is 22.6 Å². The lowest BCUT2D eigenvalue weighted by Gasteiger charge is -2.11. The van der Waals surface area contributed by atoms with E-state index >= 15 is 0 Å². The Morgan fingerprint density at radius 1 is 0.929 bits per heavy atom. The standard InChI is InChI=1S/C24H23N3O/c1-17-10-12-18(13-11-17)16-24(28)27-20-7-3-2-6-19(20)14-15-23-25-21-8-4-5-9-22(21)26-23/h2-13H,14-16H2,1H3,(H,25,26)(H,27,28). The SMILES string of the molecule is Cc1ccc(CC(=O)Nc2ccccc2CCc2nc3ccccc3[nH]2)cc1. The van der Waals surface area contributed by atoms with Crippen LogP contribution in [0.25, 0.3) is 11.0 Å². The molecule has 0 radical (unpaired) electrons. The molecule has 1 aromatic heterocycles. The first-order valence-corrected chi connectivity index (χ1v) is 9.54. The predicted molar refractivity (Wildman–Crippen MR) is 113 cm³/mol. The van der Waals surface area contributed by atoms with E-state index in [1.165, 1.54) is 5.56 Å². The molecule has 0 aliphatic rings. The number of hydrogen-bond acceptors (Lipinski definition) is 2. The molecule has 0 fully saturated rings. The molecule has 0 unspecified atom stereocenters. The summed E-state index contributed by atoms with van der Waals surface area (Å²) in [5, 5.41) is 3.07. The van der Waals surface area contributed by atoms with Gasteiger partial charge < -0.3 is 10.3 Å². The number of H-pyrrole nitrogens is 1. The van der Waals surface area contributed by atoms with Crippen molar-refractivity contribution in [1.29, 1.82) is 0 Å². The van der Waals surface area contributed by atoms with Gasteiger partial charge >= 0.3 is 0 Å². The van der Waals surface area contributed by atoms with Gasteiger partial charge in [0.1, 0.15) is 5.82 Å². The van der Waals surface area contributed by atoms with E-state index in [4.69, 9.17) is 0 Å². The molecule has 4 nitrogen and oxygen atoms in total. The molecule has 0 aliphatic heterocycles. The van der Waals surface area contributed by atoms with E-state index in [1.54, 1.807) is 0 Å².